The molecule has 2 heteroatoms. The number of fused-ring (bicyclic) bond motifs is 10. The van der Waals surface area contributed by atoms with Gasteiger partial charge >= 0.3 is 0 Å². The molecule has 0 amide bonds. The van der Waals surface area contributed by atoms with Gasteiger partial charge in [-0.25, -0.2) is 0 Å². The Morgan fingerprint density at radius 1 is 0.467 bits per heavy atom. The lowest BCUT2D eigenvalue weighted by molar-refractivity contribution is 0.403. The summed E-state index contributed by atoms with van der Waals surface area (Å²) < 4.78 is 2.62. The summed E-state index contributed by atoms with van der Waals surface area (Å²) in [7, 11) is 0. The van der Waals surface area contributed by atoms with Crippen LogP contribution in [0.15, 0.2) is 164 Å². The predicted octanol–water partition coefficient (Wildman–Crippen LogP) is 16.8. The lowest BCUT2D eigenvalue weighted by Gasteiger charge is -2.30. The Bertz CT molecular complexity index is 3170. The summed E-state index contributed by atoms with van der Waals surface area (Å²) in [4.78, 5) is 2.47. The summed E-state index contributed by atoms with van der Waals surface area (Å²) >= 11 is 1.87. The van der Waals surface area contributed by atoms with Crippen molar-refractivity contribution in [3.05, 3.63) is 186 Å². The highest BCUT2D eigenvalue weighted by atomic mass is 32.1. The molecule has 0 N–H and O–H groups in total. The molecule has 1 fully saturated rings. The number of thiophene rings is 1. The molecule has 12 rings (SSSR count). The van der Waals surface area contributed by atoms with Gasteiger partial charge in [0.15, 0.2) is 0 Å². The maximum atomic E-state index is 2.67. The molecular formula is C58H49NS. The standard InChI is InChI=1S/C58H49NS/c1-56(2)36-57(3,4)49-35-47-46(34-48(49)56)44-19-12-18-43(55(44)58(47)32-9-10-33-58)40-26-24-37(25-27-40)38-28-30-41(31-29-38)59(50-20-11-15-39-14-5-6-16-42(39)50)51-21-13-23-53-54(51)45-17-7-8-22-52(45)60-53/h5-8,11-31,34-35H,9-10,32-33,36H2,1-4H3. The van der Waals surface area contributed by atoms with Gasteiger partial charge in [-0.2, -0.15) is 0 Å². The highest BCUT2D eigenvalue weighted by molar-refractivity contribution is 7.26. The molecule has 8 aromatic carbocycles. The van der Waals surface area contributed by atoms with Gasteiger partial charge in [-0.1, -0.05) is 162 Å². The van der Waals surface area contributed by atoms with E-state index in [-0.39, 0.29) is 16.2 Å². The molecule has 3 aliphatic carbocycles. The van der Waals surface area contributed by atoms with Gasteiger partial charge in [-0.15, -0.1) is 11.3 Å². The van der Waals surface area contributed by atoms with E-state index in [2.05, 4.69) is 196 Å². The summed E-state index contributed by atoms with van der Waals surface area (Å²) in [6, 6.07) is 62.1. The largest absolute Gasteiger partial charge is 0.309 e. The number of anilines is 3. The summed E-state index contributed by atoms with van der Waals surface area (Å²) in [6.07, 6.45) is 6.28. The average Bonchev–Trinajstić information content (AvgIpc) is 4.02. The van der Waals surface area contributed by atoms with Gasteiger partial charge < -0.3 is 4.90 Å². The lowest BCUT2D eigenvalue weighted by atomic mass is 9.73. The maximum Gasteiger partial charge on any atom is 0.0555 e. The zero-order valence-corrected chi connectivity index (χ0v) is 35.8. The fraction of sp³-hybridized carbons (Fsp3) is 0.207. The highest BCUT2D eigenvalue weighted by Crippen LogP contribution is 2.62. The van der Waals surface area contributed by atoms with Crippen LogP contribution in [0.2, 0.25) is 0 Å². The Labute approximate surface area is 358 Å². The van der Waals surface area contributed by atoms with Crippen LogP contribution in [-0.2, 0) is 16.2 Å². The van der Waals surface area contributed by atoms with Gasteiger partial charge in [-0.3, -0.25) is 0 Å². The van der Waals surface area contributed by atoms with Crippen molar-refractivity contribution in [3.63, 3.8) is 0 Å². The van der Waals surface area contributed by atoms with Crippen molar-refractivity contribution < 1.29 is 0 Å². The number of hydrogen-bond donors (Lipinski definition) is 0. The van der Waals surface area contributed by atoms with E-state index in [1.807, 2.05) is 11.3 Å². The Hall–Kier alpha value is -5.96. The Morgan fingerprint density at radius 2 is 1.05 bits per heavy atom. The van der Waals surface area contributed by atoms with E-state index in [4.69, 9.17) is 0 Å². The number of rotatable bonds is 5. The van der Waals surface area contributed by atoms with Crippen LogP contribution in [0, 0.1) is 0 Å². The third-order valence-corrected chi connectivity index (χ3v) is 15.7. The van der Waals surface area contributed by atoms with Gasteiger partial charge in [0.05, 0.1) is 11.4 Å². The lowest BCUT2D eigenvalue weighted by Crippen LogP contribution is -2.22. The number of nitrogens with zero attached hydrogens (tertiary/aromatic N) is 1. The maximum absolute atomic E-state index is 2.67. The highest BCUT2D eigenvalue weighted by Gasteiger charge is 2.50. The second-order valence-electron chi connectivity index (χ2n) is 19.1. The smallest absolute Gasteiger partial charge is 0.0555 e. The van der Waals surface area contributed by atoms with E-state index in [0.29, 0.717) is 0 Å². The van der Waals surface area contributed by atoms with Crippen LogP contribution in [0.5, 0.6) is 0 Å². The minimum Gasteiger partial charge on any atom is -0.309 e. The monoisotopic (exact) mass is 791 g/mol. The van der Waals surface area contributed by atoms with Crippen LogP contribution >= 0.6 is 11.3 Å². The van der Waals surface area contributed by atoms with Gasteiger partial charge in [0, 0.05) is 36.7 Å². The van der Waals surface area contributed by atoms with Crippen molar-refractivity contribution in [1.29, 1.82) is 0 Å². The van der Waals surface area contributed by atoms with Crippen LogP contribution in [-0.4, -0.2) is 0 Å². The fourth-order valence-electron chi connectivity index (χ4n) is 12.2. The number of benzene rings is 8. The van der Waals surface area contributed by atoms with Crippen LogP contribution in [0.3, 0.4) is 0 Å². The SMILES string of the molecule is CC1(C)CC(C)(C)c2cc3c(cc21)-c1cccc(-c2ccc(-c4ccc(N(c5cccc6ccccc56)c5cccc6sc7ccccc7c56)cc4)cc2)c1C31CCCC1. The van der Waals surface area contributed by atoms with Crippen LogP contribution in [0.1, 0.15) is 82.1 Å². The van der Waals surface area contributed by atoms with Crippen molar-refractivity contribution in [2.75, 3.05) is 4.90 Å². The minimum atomic E-state index is 0.100. The zero-order chi connectivity index (χ0) is 40.4. The summed E-state index contributed by atoms with van der Waals surface area (Å²) in [5.74, 6) is 0. The summed E-state index contributed by atoms with van der Waals surface area (Å²) in [6.45, 7) is 9.83. The first-order chi connectivity index (χ1) is 29.2. The van der Waals surface area contributed by atoms with Gasteiger partial charge in [0.1, 0.15) is 0 Å². The number of hydrogen-bond acceptors (Lipinski definition) is 2. The average molecular weight is 792 g/mol. The minimum absolute atomic E-state index is 0.100. The van der Waals surface area contributed by atoms with E-state index < -0.39 is 0 Å². The van der Waals surface area contributed by atoms with Gasteiger partial charge in [0.2, 0.25) is 0 Å². The fourth-order valence-corrected chi connectivity index (χ4v) is 13.3. The van der Waals surface area contributed by atoms with Gasteiger partial charge in [0.25, 0.3) is 0 Å². The molecule has 292 valence electrons. The zero-order valence-electron chi connectivity index (χ0n) is 35.0. The van der Waals surface area contributed by atoms with E-state index in [0.717, 1.165) is 5.69 Å². The molecule has 60 heavy (non-hydrogen) atoms. The van der Waals surface area contributed by atoms with Crippen LogP contribution < -0.4 is 4.90 Å². The molecule has 3 aliphatic rings. The third-order valence-electron chi connectivity index (χ3n) is 14.6. The van der Waals surface area contributed by atoms with Gasteiger partial charge in [-0.05, 0) is 134 Å². The Balaban J connectivity index is 0.937. The van der Waals surface area contributed by atoms with E-state index in [9.17, 15) is 0 Å². The molecule has 0 aliphatic heterocycles. The summed E-state index contributed by atoms with van der Waals surface area (Å²) in [5.41, 5.74) is 18.5. The van der Waals surface area contributed by atoms with Crippen LogP contribution in [0.4, 0.5) is 17.1 Å². The molecule has 1 nitrogen and oxygen atoms in total. The molecule has 0 radical (unpaired) electrons. The topological polar surface area (TPSA) is 3.24 Å². The third kappa shape index (κ3) is 5.23. The summed E-state index contributed by atoms with van der Waals surface area (Å²) in [5, 5.41) is 5.08. The molecule has 1 spiro atoms. The van der Waals surface area contributed by atoms with Crippen molar-refractivity contribution in [2.24, 2.45) is 0 Å². The van der Waals surface area contributed by atoms with E-state index in [1.165, 1.54) is 108 Å². The van der Waals surface area contributed by atoms with E-state index in [1.54, 1.807) is 22.3 Å². The normalized spacial score (nSPS) is 16.7. The second kappa shape index (κ2) is 13.0. The molecule has 0 unspecified atom stereocenters. The molecule has 1 aromatic heterocycles. The quantitative estimate of drug-likeness (QED) is 0.168. The molecule has 0 saturated heterocycles. The Kier molecular flexibility index (Phi) is 7.80. The molecule has 9 aromatic rings. The second-order valence-corrected chi connectivity index (χ2v) is 20.2. The van der Waals surface area contributed by atoms with Crippen molar-refractivity contribution >= 4 is 59.3 Å². The molecule has 0 bridgehead atoms. The van der Waals surface area contributed by atoms with Crippen LogP contribution in [0.25, 0.3) is 64.3 Å². The van der Waals surface area contributed by atoms with E-state index >= 15 is 0 Å². The van der Waals surface area contributed by atoms with Crippen molar-refractivity contribution in [2.45, 2.75) is 76.0 Å². The first-order valence-corrected chi connectivity index (χ1v) is 22.7. The first-order valence-electron chi connectivity index (χ1n) is 21.9. The molecule has 1 saturated carbocycles. The van der Waals surface area contributed by atoms with Crippen molar-refractivity contribution in [3.8, 4) is 33.4 Å². The molecule has 1 heterocycles. The molecular weight excluding hydrogens is 743 g/mol. The first kappa shape index (κ1) is 35.9. The van der Waals surface area contributed by atoms with Crippen molar-refractivity contribution in [1.82, 2.24) is 0 Å². The predicted molar refractivity (Wildman–Crippen MR) is 258 cm³/mol. The molecule has 0 atom stereocenters. The Morgan fingerprint density at radius 3 is 1.83 bits per heavy atom.